The molecule has 1 aromatic carbocycles. The van der Waals surface area contributed by atoms with Crippen molar-refractivity contribution in [2.24, 2.45) is 5.92 Å². The maximum absolute atomic E-state index is 11.8. The second-order valence-corrected chi connectivity index (χ2v) is 5.96. The molecule has 1 aliphatic carbocycles. The first-order valence-electron chi connectivity index (χ1n) is 7.36. The Labute approximate surface area is 130 Å². The molecule has 1 amide bonds. The number of hydrogen-bond acceptors (Lipinski definition) is 4. The number of amides is 1. The summed E-state index contributed by atoms with van der Waals surface area (Å²) in [5, 5.41) is 11.8. The number of benzene rings is 1. The third-order valence-electron chi connectivity index (χ3n) is 3.86. The molecular formula is C17H20N2O3. The van der Waals surface area contributed by atoms with E-state index in [4.69, 9.17) is 10.00 Å². The summed E-state index contributed by atoms with van der Waals surface area (Å²) in [5.41, 5.74) is 1.10. The van der Waals surface area contributed by atoms with Gasteiger partial charge in [0.05, 0.1) is 12.5 Å². The number of esters is 1. The lowest BCUT2D eigenvalue weighted by atomic mass is 9.98. The van der Waals surface area contributed by atoms with Crippen molar-refractivity contribution in [3.8, 4) is 6.07 Å². The lowest BCUT2D eigenvalue weighted by molar-refractivity contribution is -0.148. The fourth-order valence-electron chi connectivity index (χ4n) is 2.28. The van der Waals surface area contributed by atoms with E-state index in [1.807, 2.05) is 31.2 Å². The van der Waals surface area contributed by atoms with E-state index in [0.717, 1.165) is 24.0 Å². The number of rotatable bonds is 6. The van der Waals surface area contributed by atoms with Gasteiger partial charge in [0.25, 0.3) is 5.91 Å². The quantitative estimate of drug-likeness (QED) is 0.814. The number of nitrogens with zero attached hydrogens (tertiary/aromatic N) is 1. The van der Waals surface area contributed by atoms with Gasteiger partial charge >= 0.3 is 5.97 Å². The van der Waals surface area contributed by atoms with Crippen LogP contribution in [-0.2, 0) is 20.7 Å². The highest BCUT2D eigenvalue weighted by atomic mass is 16.5. The Kier molecular flexibility index (Phi) is 4.81. The number of nitrogens with one attached hydrogen (secondary N) is 1. The van der Waals surface area contributed by atoms with Gasteiger partial charge < -0.3 is 10.1 Å². The number of aryl methyl sites for hydroxylation is 1. The molecule has 1 N–H and O–H groups in total. The molecule has 2 rings (SSSR count). The fraction of sp³-hybridized carbons (Fsp3) is 0.471. The van der Waals surface area contributed by atoms with Crippen molar-refractivity contribution in [1.82, 2.24) is 5.32 Å². The Morgan fingerprint density at radius 2 is 2.00 bits per heavy atom. The van der Waals surface area contributed by atoms with Crippen molar-refractivity contribution < 1.29 is 14.3 Å². The molecule has 22 heavy (non-hydrogen) atoms. The van der Waals surface area contributed by atoms with Gasteiger partial charge in [-0.2, -0.15) is 5.26 Å². The summed E-state index contributed by atoms with van der Waals surface area (Å²) in [5.74, 6) is -0.693. The summed E-state index contributed by atoms with van der Waals surface area (Å²) in [6.07, 6.45) is 2.01. The van der Waals surface area contributed by atoms with Gasteiger partial charge in [-0.3, -0.25) is 9.59 Å². The topological polar surface area (TPSA) is 79.2 Å². The molecule has 0 heterocycles. The van der Waals surface area contributed by atoms with Crippen LogP contribution in [0.25, 0.3) is 0 Å². The maximum Gasteiger partial charge on any atom is 0.310 e. The summed E-state index contributed by atoms with van der Waals surface area (Å²) in [4.78, 5) is 23.5. The minimum absolute atomic E-state index is 0.131. The van der Waals surface area contributed by atoms with E-state index in [1.165, 1.54) is 0 Å². The van der Waals surface area contributed by atoms with Crippen LogP contribution in [0.1, 0.15) is 30.9 Å². The fourth-order valence-corrected chi connectivity index (χ4v) is 2.28. The highest BCUT2D eigenvalue weighted by Gasteiger charge is 2.43. The molecule has 116 valence electrons. The highest BCUT2D eigenvalue weighted by Crippen LogP contribution is 2.39. The smallest absolute Gasteiger partial charge is 0.310 e. The second-order valence-electron chi connectivity index (χ2n) is 5.96. The molecule has 0 bridgehead atoms. The summed E-state index contributed by atoms with van der Waals surface area (Å²) < 4.78 is 4.97. The molecular weight excluding hydrogens is 280 g/mol. The van der Waals surface area contributed by atoms with Crippen LogP contribution in [0, 0.1) is 24.2 Å². The average Bonchev–Trinajstić information content (AvgIpc) is 3.32. The highest BCUT2D eigenvalue weighted by molar-refractivity contribution is 5.82. The number of carbonyl (C=O) groups excluding carboxylic acids is 2. The van der Waals surface area contributed by atoms with E-state index >= 15 is 0 Å². The number of ether oxygens (including phenoxy) is 1. The summed E-state index contributed by atoms with van der Waals surface area (Å²) in [6, 6.07) is 9.69. The molecule has 1 atom stereocenters. The minimum Gasteiger partial charge on any atom is -0.455 e. The predicted molar refractivity (Wildman–Crippen MR) is 80.7 cm³/mol. The van der Waals surface area contributed by atoms with Gasteiger partial charge in [0, 0.05) is 0 Å². The summed E-state index contributed by atoms with van der Waals surface area (Å²) in [7, 11) is 0. The van der Waals surface area contributed by atoms with Gasteiger partial charge in [-0.1, -0.05) is 29.8 Å². The average molecular weight is 300 g/mol. The molecule has 0 radical (unpaired) electrons. The van der Waals surface area contributed by atoms with E-state index < -0.39 is 17.4 Å². The van der Waals surface area contributed by atoms with Crippen LogP contribution in [0.2, 0.25) is 0 Å². The molecule has 0 aromatic heterocycles. The molecule has 1 aromatic rings. The Bertz CT molecular complexity index is 599. The predicted octanol–water partition coefficient (Wildman–Crippen LogP) is 1.89. The number of hydrogen-bond donors (Lipinski definition) is 1. The van der Waals surface area contributed by atoms with Gasteiger partial charge in [0.15, 0.2) is 6.61 Å². The van der Waals surface area contributed by atoms with Crippen LogP contribution in [0.15, 0.2) is 24.3 Å². The Morgan fingerprint density at radius 1 is 1.36 bits per heavy atom. The number of carbonyl (C=O) groups is 2. The molecule has 1 fully saturated rings. The van der Waals surface area contributed by atoms with Crippen LogP contribution in [-0.4, -0.2) is 24.0 Å². The molecule has 1 aliphatic rings. The van der Waals surface area contributed by atoms with Crippen molar-refractivity contribution in [2.45, 2.75) is 38.6 Å². The van der Waals surface area contributed by atoms with Crippen molar-refractivity contribution in [3.05, 3.63) is 35.4 Å². The normalized spacial score (nSPS) is 16.2. The van der Waals surface area contributed by atoms with Crippen LogP contribution in [0.3, 0.4) is 0 Å². The van der Waals surface area contributed by atoms with Gasteiger partial charge in [-0.15, -0.1) is 0 Å². The zero-order valence-corrected chi connectivity index (χ0v) is 12.9. The van der Waals surface area contributed by atoms with E-state index in [-0.39, 0.29) is 18.9 Å². The van der Waals surface area contributed by atoms with Gasteiger partial charge in [-0.25, -0.2) is 0 Å². The third kappa shape index (κ3) is 4.32. The van der Waals surface area contributed by atoms with Crippen LogP contribution < -0.4 is 5.32 Å². The van der Waals surface area contributed by atoms with Crippen LogP contribution >= 0.6 is 0 Å². The molecule has 0 saturated heterocycles. The summed E-state index contributed by atoms with van der Waals surface area (Å²) >= 11 is 0. The molecule has 0 unspecified atom stereocenters. The first-order chi connectivity index (χ1) is 10.4. The van der Waals surface area contributed by atoms with E-state index in [9.17, 15) is 9.59 Å². The molecule has 1 saturated carbocycles. The standard InChI is InChI=1S/C17H20N2O3/c1-12-3-5-13(6-4-12)9-16(21)22-10-15(20)19-17(2,11-18)14-7-8-14/h3-6,14H,7-10H2,1-2H3,(H,19,20)/t17-/m0/s1. The largest absolute Gasteiger partial charge is 0.455 e. The first kappa shape index (κ1) is 16.0. The summed E-state index contributed by atoms with van der Waals surface area (Å²) in [6.45, 7) is 3.32. The van der Waals surface area contributed by atoms with Crippen LogP contribution in [0.4, 0.5) is 0 Å². The maximum atomic E-state index is 11.8. The van der Waals surface area contributed by atoms with E-state index in [2.05, 4.69) is 11.4 Å². The van der Waals surface area contributed by atoms with Gasteiger partial charge in [-0.05, 0) is 38.2 Å². The lowest BCUT2D eigenvalue weighted by Crippen LogP contribution is -2.48. The molecule has 0 aliphatic heterocycles. The Morgan fingerprint density at radius 3 is 2.55 bits per heavy atom. The van der Waals surface area contributed by atoms with Crippen LogP contribution in [0.5, 0.6) is 0 Å². The van der Waals surface area contributed by atoms with Crippen molar-refractivity contribution in [1.29, 1.82) is 5.26 Å². The first-order valence-corrected chi connectivity index (χ1v) is 7.36. The van der Waals surface area contributed by atoms with Crippen molar-refractivity contribution in [3.63, 3.8) is 0 Å². The Hall–Kier alpha value is -2.35. The molecule has 5 heteroatoms. The lowest BCUT2D eigenvalue weighted by Gasteiger charge is -2.22. The zero-order chi connectivity index (χ0) is 16.2. The minimum atomic E-state index is -0.861. The monoisotopic (exact) mass is 300 g/mol. The van der Waals surface area contributed by atoms with E-state index in [1.54, 1.807) is 6.92 Å². The Balaban J connectivity index is 1.77. The third-order valence-corrected chi connectivity index (χ3v) is 3.86. The van der Waals surface area contributed by atoms with Gasteiger partial charge in [0.2, 0.25) is 0 Å². The second kappa shape index (κ2) is 6.61. The SMILES string of the molecule is Cc1ccc(CC(=O)OCC(=O)N[C@@](C)(C#N)C2CC2)cc1. The zero-order valence-electron chi connectivity index (χ0n) is 12.9. The van der Waals surface area contributed by atoms with E-state index in [0.29, 0.717) is 0 Å². The van der Waals surface area contributed by atoms with Crippen molar-refractivity contribution in [2.75, 3.05) is 6.61 Å². The van der Waals surface area contributed by atoms with Crippen molar-refractivity contribution >= 4 is 11.9 Å². The molecule has 5 nitrogen and oxygen atoms in total. The van der Waals surface area contributed by atoms with Gasteiger partial charge in [0.1, 0.15) is 5.54 Å². The number of nitriles is 1. The molecule has 0 spiro atoms.